The number of carbonyl (C=O) groups is 1. The number of aromatic nitrogens is 1. The average molecular weight is 405 g/mol. The van der Waals surface area contributed by atoms with E-state index in [-0.39, 0.29) is 16.1 Å². The van der Waals surface area contributed by atoms with Crippen LogP contribution in [0.1, 0.15) is 23.0 Å². The first kappa shape index (κ1) is 19.0. The highest BCUT2D eigenvalue weighted by Gasteiger charge is 2.18. The molecule has 27 heavy (non-hydrogen) atoms. The minimum absolute atomic E-state index is 0.146. The number of hydrogen-bond acceptors (Lipinski definition) is 5. The largest absolute Gasteiger partial charge is 0.298 e. The monoisotopic (exact) mass is 405 g/mol. The van der Waals surface area contributed by atoms with Crippen LogP contribution < -0.4 is 10.0 Å². The number of nitrogens with zero attached hydrogens (tertiary/aromatic N) is 1. The second-order valence-electron chi connectivity index (χ2n) is 5.56. The summed E-state index contributed by atoms with van der Waals surface area (Å²) in [6, 6.07) is 10.9. The molecule has 0 saturated heterocycles. The molecule has 0 saturated carbocycles. The minimum Gasteiger partial charge on any atom is -0.298 e. The van der Waals surface area contributed by atoms with E-state index in [0.29, 0.717) is 5.13 Å². The second kappa shape index (κ2) is 7.85. The number of carbonyl (C=O) groups excluding carboxylic acids is 1. The van der Waals surface area contributed by atoms with Crippen LogP contribution in [0.15, 0.2) is 58.8 Å². The molecule has 0 bridgehead atoms. The van der Waals surface area contributed by atoms with Gasteiger partial charge in [0.15, 0.2) is 5.13 Å². The van der Waals surface area contributed by atoms with Gasteiger partial charge >= 0.3 is 0 Å². The summed E-state index contributed by atoms with van der Waals surface area (Å²) in [4.78, 5) is 16.5. The normalized spacial score (nSPS) is 11.2. The summed E-state index contributed by atoms with van der Waals surface area (Å²) in [6.45, 7) is 1.96. The van der Waals surface area contributed by atoms with Crippen LogP contribution in [0.4, 0.5) is 15.2 Å². The molecule has 2 aromatic carbocycles. The van der Waals surface area contributed by atoms with Crippen LogP contribution in [0.25, 0.3) is 0 Å². The molecule has 0 radical (unpaired) electrons. The zero-order chi connectivity index (χ0) is 19.4. The summed E-state index contributed by atoms with van der Waals surface area (Å²) in [7, 11) is -4.05. The van der Waals surface area contributed by atoms with E-state index in [1.54, 1.807) is 0 Å². The maximum Gasteiger partial charge on any atom is 0.262 e. The van der Waals surface area contributed by atoms with E-state index >= 15 is 0 Å². The molecule has 3 rings (SSSR count). The fourth-order valence-corrected chi connectivity index (χ4v) is 4.15. The third-order valence-corrected chi connectivity index (χ3v) is 5.83. The number of hydrogen-bond donors (Lipinski definition) is 2. The van der Waals surface area contributed by atoms with Gasteiger partial charge in [-0.2, -0.15) is 0 Å². The first-order chi connectivity index (χ1) is 12.9. The van der Waals surface area contributed by atoms with Gasteiger partial charge in [0.2, 0.25) is 0 Å². The maximum atomic E-state index is 13.7. The SMILES string of the molecule is CCc1csc(NC(=O)c2cccc(S(=O)(=O)Nc3ccccc3F)c2)n1. The molecule has 0 aliphatic rings. The van der Waals surface area contributed by atoms with E-state index < -0.39 is 21.7 Å². The lowest BCUT2D eigenvalue weighted by molar-refractivity contribution is 0.102. The number of sulfonamides is 1. The highest BCUT2D eigenvalue weighted by molar-refractivity contribution is 7.92. The Labute approximate surface area is 160 Å². The number of thiazole rings is 1. The Bertz CT molecular complexity index is 1080. The molecule has 1 amide bonds. The Balaban J connectivity index is 1.81. The number of aryl methyl sites for hydroxylation is 1. The lowest BCUT2D eigenvalue weighted by Crippen LogP contribution is -2.16. The molecule has 0 spiro atoms. The van der Waals surface area contributed by atoms with Crippen LogP contribution in [-0.2, 0) is 16.4 Å². The van der Waals surface area contributed by atoms with Crippen LogP contribution in [0.5, 0.6) is 0 Å². The second-order valence-corrected chi connectivity index (χ2v) is 8.11. The van der Waals surface area contributed by atoms with Gasteiger partial charge in [-0.15, -0.1) is 11.3 Å². The van der Waals surface area contributed by atoms with Crippen molar-refractivity contribution in [3.8, 4) is 0 Å². The number of nitrogens with one attached hydrogen (secondary N) is 2. The predicted octanol–water partition coefficient (Wildman–Crippen LogP) is 3.90. The van der Waals surface area contributed by atoms with Crippen molar-refractivity contribution in [3.05, 3.63) is 71.0 Å². The van der Waals surface area contributed by atoms with E-state index in [2.05, 4.69) is 15.0 Å². The lowest BCUT2D eigenvalue weighted by Gasteiger charge is -2.10. The average Bonchev–Trinajstić information content (AvgIpc) is 3.11. The van der Waals surface area contributed by atoms with Gasteiger partial charge in [0.05, 0.1) is 16.3 Å². The fraction of sp³-hybridized carbons (Fsp3) is 0.111. The smallest absolute Gasteiger partial charge is 0.262 e. The Morgan fingerprint density at radius 3 is 2.67 bits per heavy atom. The van der Waals surface area contributed by atoms with E-state index in [1.807, 2.05) is 12.3 Å². The highest BCUT2D eigenvalue weighted by atomic mass is 32.2. The molecule has 0 fully saturated rings. The van der Waals surface area contributed by atoms with E-state index in [9.17, 15) is 17.6 Å². The van der Waals surface area contributed by atoms with Gasteiger partial charge < -0.3 is 0 Å². The summed E-state index contributed by atoms with van der Waals surface area (Å²) < 4.78 is 40.9. The molecule has 140 valence electrons. The number of benzene rings is 2. The Morgan fingerprint density at radius 2 is 1.96 bits per heavy atom. The number of amides is 1. The zero-order valence-corrected chi connectivity index (χ0v) is 15.9. The van der Waals surface area contributed by atoms with Gasteiger partial charge in [-0.3, -0.25) is 14.8 Å². The van der Waals surface area contributed by atoms with Crippen molar-refractivity contribution in [1.29, 1.82) is 0 Å². The number of para-hydroxylation sites is 1. The van der Waals surface area contributed by atoms with Crippen molar-refractivity contribution in [3.63, 3.8) is 0 Å². The van der Waals surface area contributed by atoms with Gasteiger partial charge in [0, 0.05) is 10.9 Å². The summed E-state index contributed by atoms with van der Waals surface area (Å²) >= 11 is 1.29. The van der Waals surface area contributed by atoms with Crippen molar-refractivity contribution >= 4 is 38.1 Å². The van der Waals surface area contributed by atoms with E-state index in [1.165, 1.54) is 53.8 Å². The van der Waals surface area contributed by atoms with Crippen LogP contribution in [0.3, 0.4) is 0 Å². The molecule has 2 N–H and O–H groups in total. The first-order valence-corrected chi connectivity index (χ1v) is 10.4. The third-order valence-electron chi connectivity index (χ3n) is 3.66. The van der Waals surface area contributed by atoms with Crippen molar-refractivity contribution in [1.82, 2.24) is 4.98 Å². The molecule has 9 heteroatoms. The van der Waals surface area contributed by atoms with Crippen molar-refractivity contribution in [2.45, 2.75) is 18.2 Å². The molecule has 0 aliphatic carbocycles. The maximum absolute atomic E-state index is 13.7. The number of halogens is 1. The highest BCUT2D eigenvalue weighted by Crippen LogP contribution is 2.21. The Hall–Kier alpha value is -2.78. The summed E-state index contributed by atoms with van der Waals surface area (Å²) in [5.41, 5.74) is 0.850. The van der Waals surface area contributed by atoms with Crippen LogP contribution in [0, 0.1) is 5.82 Å². The van der Waals surface area contributed by atoms with Gasteiger partial charge in [-0.05, 0) is 36.8 Å². The van der Waals surface area contributed by atoms with Crippen LogP contribution in [0.2, 0.25) is 0 Å². The Morgan fingerprint density at radius 1 is 1.19 bits per heavy atom. The molecule has 3 aromatic rings. The fourth-order valence-electron chi connectivity index (χ4n) is 2.25. The van der Waals surface area contributed by atoms with Crippen molar-refractivity contribution < 1.29 is 17.6 Å². The molecule has 1 heterocycles. The number of rotatable bonds is 6. The standard InChI is InChI=1S/C18H16FN3O3S2/c1-2-13-11-26-18(20-13)21-17(23)12-6-5-7-14(10-12)27(24,25)22-16-9-4-3-8-15(16)19/h3-11,22H,2H2,1H3,(H,20,21,23). The van der Waals surface area contributed by atoms with Gasteiger partial charge in [0.1, 0.15) is 5.82 Å². The summed E-state index contributed by atoms with van der Waals surface area (Å²) in [5, 5.41) is 4.93. The lowest BCUT2D eigenvalue weighted by atomic mass is 10.2. The minimum atomic E-state index is -4.05. The summed E-state index contributed by atoms with van der Waals surface area (Å²) in [6.07, 6.45) is 0.752. The van der Waals surface area contributed by atoms with Gasteiger partial charge in [0.25, 0.3) is 15.9 Å². The van der Waals surface area contributed by atoms with Crippen molar-refractivity contribution in [2.75, 3.05) is 10.0 Å². The van der Waals surface area contributed by atoms with Gasteiger partial charge in [-0.1, -0.05) is 25.1 Å². The van der Waals surface area contributed by atoms with Crippen LogP contribution in [-0.4, -0.2) is 19.3 Å². The quantitative estimate of drug-likeness (QED) is 0.651. The topological polar surface area (TPSA) is 88.2 Å². The first-order valence-electron chi connectivity index (χ1n) is 8.02. The van der Waals surface area contributed by atoms with Gasteiger partial charge in [-0.25, -0.2) is 17.8 Å². The molecule has 0 atom stereocenters. The Kier molecular flexibility index (Phi) is 5.52. The summed E-state index contributed by atoms with van der Waals surface area (Å²) in [5.74, 6) is -1.17. The molecule has 0 unspecified atom stereocenters. The predicted molar refractivity (Wildman–Crippen MR) is 103 cm³/mol. The third kappa shape index (κ3) is 4.50. The molecular formula is C18H16FN3O3S2. The molecule has 0 aliphatic heterocycles. The van der Waals surface area contributed by atoms with E-state index in [4.69, 9.17) is 0 Å². The van der Waals surface area contributed by atoms with Crippen molar-refractivity contribution in [2.24, 2.45) is 0 Å². The molecule has 1 aromatic heterocycles. The van der Waals surface area contributed by atoms with Crippen LogP contribution >= 0.6 is 11.3 Å². The number of anilines is 2. The molecular weight excluding hydrogens is 389 g/mol. The van der Waals surface area contributed by atoms with E-state index in [0.717, 1.165) is 18.2 Å². The zero-order valence-electron chi connectivity index (χ0n) is 14.3. The molecule has 6 nitrogen and oxygen atoms in total.